The van der Waals surface area contributed by atoms with Gasteiger partial charge in [0.1, 0.15) is 0 Å². The number of nitrogens with one attached hydrogen (secondary N) is 1. The molecule has 0 bridgehead atoms. The molecule has 22 heavy (non-hydrogen) atoms. The summed E-state index contributed by atoms with van der Waals surface area (Å²) >= 11 is 5.87. The van der Waals surface area contributed by atoms with Gasteiger partial charge in [-0.2, -0.15) is 5.10 Å². The molecule has 0 aliphatic carbocycles. The number of para-hydroxylation sites is 1. The van der Waals surface area contributed by atoms with Crippen LogP contribution in [-0.4, -0.2) is 10.8 Å². The molecule has 0 spiro atoms. The first kappa shape index (κ1) is 14.7. The molecule has 0 unspecified atom stereocenters. The summed E-state index contributed by atoms with van der Waals surface area (Å²) in [7, 11) is 0. The fourth-order valence-corrected chi connectivity index (χ4v) is 2.62. The van der Waals surface area contributed by atoms with E-state index in [1.807, 2.05) is 30.5 Å². The molecule has 0 atom stereocenters. The fourth-order valence-electron chi connectivity index (χ4n) is 2.49. The van der Waals surface area contributed by atoms with E-state index in [4.69, 9.17) is 11.6 Å². The van der Waals surface area contributed by atoms with Crippen LogP contribution < -0.4 is 5.43 Å². The molecule has 2 aromatic carbocycles. The largest absolute Gasteiger partial charge is 0.347 e. The van der Waals surface area contributed by atoms with E-state index in [-0.39, 0.29) is 0 Å². The summed E-state index contributed by atoms with van der Waals surface area (Å²) < 4.78 is 2.23. The van der Waals surface area contributed by atoms with E-state index in [0.29, 0.717) is 6.54 Å². The zero-order valence-electron chi connectivity index (χ0n) is 12.5. The number of aromatic nitrogens is 1. The highest BCUT2D eigenvalue weighted by Crippen LogP contribution is 2.19. The molecule has 0 aliphatic rings. The summed E-state index contributed by atoms with van der Waals surface area (Å²) in [6.45, 7) is 3.78. The Labute approximate surface area is 135 Å². The van der Waals surface area contributed by atoms with E-state index in [9.17, 15) is 0 Å². The zero-order valence-corrected chi connectivity index (χ0v) is 13.2. The Morgan fingerprint density at radius 3 is 2.68 bits per heavy atom. The second-order valence-corrected chi connectivity index (χ2v) is 5.54. The molecule has 4 heteroatoms. The molecule has 0 amide bonds. The SMILES string of the molecule is CCn1cc(/C=N\NCc2ccc(Cl)cc2)c2ccccc21. The van der Waals surface area contributed by atoms with Gasteiger partial charge in [-0.05, 0) is 30.7 Å². The third kappa shape index (κ3) is 3.15. The van der Waals surface area contributed by atoms with Gasteiger partial charge < -0.3 is 9.99 Å². The molecule has 0 radical (unpaired) electrons. The van der Waals surface area contributed by atoms with Crippen molar-refractivity contribution in [1.82, 2.24) is 9.99 Å². The number of nitrogens with zero attached hydrogens (tertiary/aromatic N) is 2. The monoisotopic (exact) mass is 311 g/mol. The molecule has 1 aromatic heterocycles. The number of hydrogen-bond acceptors (Lipinski definition) is 2. The molecule has 3 rings (SSSR count). The van der Waals surface area contributed by atoms with Crippen molar-refractivity contribution in [1.29, 1.82) is 0 Å². The van der Waals surface area contributed by atoms with Crippen molar-refractivity contribution in [2.24, 2.45) is 5.10 Å². The normalized spacial score (nSPS) is 11.4. The van der Waals surface area contributed by atoms with E-state index >= 15 is 0 Å². The van der Waals surface area contributed by atoms with Crippen LogP contribution in [0.5, 0.6) is 0 Å². The van der Waals surface area contributed by atoms with Crippen LogP contribution in [0.25, 0.3) is 10.9 Å². The van der Waals surface area contributed by atoms with Gasteiger partial charge in [0.2, 0.25) is 0 Å². The Bertz CT molecular complexity index is 788. The minimum absolute atomic E-state index is 0.681. The highest BCUT2D eigenvalue weighted by atomic mass is 35.5. The summed E-state index contributed by atoms with van der Waals surface area (Å²) in [4.78, 5) is 0. The first-order valence-corrected chi connectivity index (χ1v) is 7.74. The van der Waals surface area contributed by atoms with E-state index in [1.165, 1.54) is 10.9 Å². The molecule has 1 N–H and O–H groups in total. The molecular weight excluding hydrogens is 294 g/mol. The lowest BCUT2D eigenvalue weighted by Gasteiger charge is -2.00. The second kappa shape index (κ2) is 6.67. The van der Waals surface area contributed by atoms with Crippen molar-refractivity contribution < 1.29 is 0 Å². The maximum atomic E-state index is 5.87. The minimum atomic E-state index is 0.681. The molecule has 3 aromatic rings. The van der Waals surface area contributed by atoms with E-state index in [0.717, 1.165) is 22.7 Å². The van der Waals surface area contributed by atoms with Crippen LogP contribution in [0.1, 0.15) is 18.1 Å². The average Bonchev–Trinajstić information content (AvgIpc) is 2.91. The third-order valence-electron chi connectivity index (χ3n) is 3.65. The van der Waals surface area contributed by atoms with Gasteiger partial charge in [-0.3, -0.25) is 0 Å². The Kier molecular flexibility index (Phi) is 4.45. The summed E-state index contributed by atoms with van der Waals surface area (Å²) in [5.41, 5.74) is 6.60. The molecule has 1 heterocycles. The molecular formula is C18H18ClN3. The van der Waals surface area contributed by atoms with Crippen LogP contribution in [0.3, 0.4) is 0 Å². The summed E-state index contributed by atoms with van der Waals surface area (Å²) in [6, 6.07) is 16.1. The lowest BCUT2D eigenvalue weighted by Crippen LogP contribution is -2.05. The standard InChI is InChI=1S/C18H18ClN3/c1-2-22-13-15(17-5-3-4-6-18(17)22)12-21-20-11-14-7-9-16(19)10-8-14/h3-10,12-13,20H,2,11H2,1H3/b21-12-. The Morgan fingerprint density at radius 1 is 1.14 bits per heavy atom. The number of halogens is 1. The Morgan fingerprint density at radius 2 is 1.91 bits per heavy atom. The van der Waals surface area contributed by atoms with Crippen LogP contribution in [0.2, 0.25) is 5.02 Å². The lowest BCUT2D eigenvalue weighted by atomic mass is 10.2. The Balaban J connectivity index is 1.71. The van der Waals surface area contributed by atoms with Gasteiger partial charge in [0.25, 0.3) is 0 Å². The first-order valence-electron chi connectivity index (χ1n) is 7.36. The zero-order chi connectivity index (χ0) is 15.4. The fraction of sp³-hybridized carbons (Fsp3) is 0.167. The predicted molar refractivity (Wildman–Crippen MR) is 93.5 cm³/mol. The first-order chi connectivity index (χ1) is 10.8. The summed E-state index contributed by atoms with van der Waals surface area (Å²) in [6.07, 6.45) is 4.02. The average molecular weight is 312 g/mol. The molecule has 0 fully saturated rings. The van der Waals surface area contributed by atoms with Crippen LogP contribution in [0, 0.1) is 0 Å². The van der Waals surface area contributed by atoms with E-state index in [1.54, 1.807) is 0 Å². The maximum absolute atomic E-state index is 5.87. The highest BCUT2D eigenvalue weighted by molar-refractivity contribution is 6.30. The van der Waals surface area contributed by atoms with E-state index < -0.39 is 0 Å². The Hall–Kier alpha value is -2.26. The summed E-state index contributed by atoms with van der Waals surface area (Å²) in [5.74, 6) is 0. The van der Waals surface area contributed by atoms with Crippen molar-refractivity contribution in [3.05, 3.63) is 70.9 Å². The maximum Gasteiger partial charge on any atom is 0.0580 e. The van der Waals surface area contributed by atoms with Gasteiger partial charge in [-0.1, -0.05) is 41.9 Å². The summed E-state index contributed by atoms with van der Waals surface area (Å²) in [5, 5.41) is 6.31. The lowest BCUT2D eigenvalue weighted by molar-refractivity contribution is 0.748. The molecule has 0 saturated carbocycles. The number of hydrogen-bond donors (Lipinski definition) is 1. The smallest absolute Gasteiger partial charge is 0.0580 e. The molecule has 0 saturated heterocycles. The quantitative estimate of drug-likeness (QED) is 0.548. The minimum Gasteiger partial charge on any atom is -0.347 e. The molecule has 0 aliphatic heterocycles. The third-order valence-corrected chi connectivity index (χ3v) is 3.90. The van der Waals surface area contributed by atoms with Crippen molar-refractivity contribution in [3.63, 3.8) is 0 Å². The molecule has 112 valence electrons. The van der Waals surface area contributed by atoms with Crippen molar-refractivity contribution in [2.75, 3.05) is 0 Å². The van der Waals surface area contributed by atoms with Crippen molar-refractivity contribution in [3.8, 4) is 0 Å². The van der Waals surface area contributed by atoms with Crippen molar-refractivity contribution in [2.45, 2.75) is 20.0 Å². The van der Waals surface area contributed by atoms with Gasteiger partial charge in [0, 0.05) is 34.2 Å². The van der Waals surface area contributed by atoms with Crippen LogP contribution in [-0.2, 0) is 13.1 Å². The van der Waals surface area contributed by atoms with Gasteiger partial charge in [-0.15, -0.1) is 0 Å². The van der Waals surface area contributed by atoms with Crippen LogP contribution in [0.4, 0.5) is 0 Å². The number of benzene rings is 2. The van der Waals surface area contributed by atoms with Crippen LogP contribution >= 0.6 is 11.6 Å². The van der Waals surface area contributed by atoms with Gasteiger partial charge in [0.05, 0.1) is 12.8 Å². The number of rotatable bonds is 5. The predicted octanol–water partition coefficient (Wildman–Crippen LogP) is 4.44. The van der Waals surface area contributed by atoms with Gasteiger partial charge in [-0.25, -0.2) is 0 Å². The van der Waals surface area contributed by atoms with Gasteiger partial charge in [0.15, 0.2) is 0 Å². The van der Waals surface area contributed by atoms with Crippen LogP contribution in [0.15, 0.2) is 59.8 Å². The van der Waals surface area contributed by atoms with E-state index in [2.05, 4.69) is 52.5 Å². The van der Waals surface area contributed by atoms with Crippen molar-refractivity contribution >= 4 is 28.7 Å². The second-order valence-electron chi connectivity index (χ2n) is 5.11. The number of fused-ring (bicyclic) bond motifs is 1. The number of hydrazone groups is 1. The molecule has 3 nitrogen and oxygen atoms in total. The van der Waals surface area contributed by atoms with Gasteiger partial charge >= 0.3 is 0 Å². The topological polar surface area (TPSA) is 29.3 Å². The highest BCUT2D eigenvalue weighted by Gasteiger charge is 2.04. The number of aryl methyl sites for hydroxylation is 1.